The zero-order valence-corrected chi connectivity index (χ0v) is 18.1. The fourth-order valence-electron chi connectivity index (χ4n) is 3.40. The van der Waals surface area contributed by atoms with Crippen molar-refractivity contribution in [1.29, 1.82) is 0 Å². The lowest BCUT2D eigenvalue weighted by Crippen LogP contribution is -2.46. The second-order valence-corrected chi connectivity index (χ2v) is 8.34. The van der Waals surface area contributed by atoms with Gasteiger partial charge in [-0.25, -0.2) is 4.39 Å². The maximum Gasteiger partial charge on any atom is 0.234 e. The van der Waals surface area contributed by atoms with Crippen LogP contribution in [0.1, 0.15) is 5.56 Å². The predicted octanol–water partition coefficient (Wildman–Crippen LogP) is 3.98. The van der Waals surface area contributed by atoms with Crippen LogP contribution in [0.2, 0.25) is 0 Å². The molecule has 1 aliphatic rings. The Balaban J connectivity index is 1.25. The molecule has 4 rings (SSSR count). The van der Waals surface area contributed by atoms with Crippen LogP contribution in [0.25, 0.3) is 0 Å². The molecule has 0 spiro atoms. The molecular weight excluding hydrogens is 413 g/mol. The summed E-state index contributed by atoms with van der Waals surface area (Å²) in [6, 6.07) is 18.9. The zero-order valence-electron chi connectivity index (χ0n) is 17.3. The Morgan fingerprint density at radius 1 is 1.00 bits per heavy atom. The van der Waals surface area contributed by atoms with Crippen molar-refractivity contribution < 1.29 is 9.18 Å². The van der Waals surface area contributed by atoms with Crippen molar-refractivity contribution in [2.75, 3.05) is 47.0 Å². The first kappa shape index (κ1) is 21.1. The highest BCUT2D eigenvalue weighted by Gasteiger charge is 2.18. The fraction of sp³-hybridized carbons (Fsp3) is 0.261. The van der Waals surface area contributed by atoms with Gasteiger partial charge in [-0.1, -0.05) is 36.0 Å². The average Bonchev–Trinajstić information content (AvgIpc) is 2.81. The van der Waals surface area contributed by atoms with Gasteiger partial charge in [0.05, 0.1) is 5.75 Å². The fourth-order valence-corrected chi connectivity index (χ4v) is 4.01. The normalized spacial score (nSPS) is 13.9. The Labute approximate surface area is 185 Å². The van der Waals surface area contributed by atoms with Crippen LogP contribution < -0.4 is 15.1 Å². The average molecular weight is 438 g/mol. The number of rotatable bonds is 6. The van der Waals surface area contributed by atoms with Crippen LogP contribution in [0.5, 0.6) is 0 Å². The molecule has 1 saturated heterocycles. The number of carbonyl (C=O) groups excluding carboxylic acids is 1. The van der Waals surface area contributed by atoms with Gasteiger partial charge < -0.3 is 15.1 Å². The lowest BCUT2D eigenvalue weighted by atomic mass is 10.2. The molecule has 1 aliphatic heterocycles. The van der Waals surface area contributed by atoms with E-state index in [1.807, 2.05) is 18.2 Å². The highest BCUT2D eigenvalue weighted by molar-refractivity contribution is 7.99. The van der Waals surface area contributed by atoms with Crippen molar-refractivity contribution in [3.8, 4) is 0 Å². The molecule has 31 heavy (non-hydrogen) atoms. The van der Waals surface area contributed by atoms with E-state index in [2.05, 4.69) is 49.6 Å². The van der Waals surface area contributed by atoms with Crippen molar-refractivity contribution >= 4 is 34.9 Å². The number of benzene rings is 2. The minimum absolute atomic E-state index is 0.180. The molecule has 1 aromatic heterocycles. The number of halogens is 1. The van der Waals surface area contributed by atoms with Crippen LogP contribution >= 0.6 is 11.8 Å². The maximum absolute atomic E-state index is 13.6. The molecule has 160 valence electrons. The standard InChI is InChI=1S/C23H24FN5OS/c1-17-7-8-18(15-20(17)24)25-22(30)16-31-23-10-9-21(26-27-23)29-13-11-28(12-14-29)19-5-3-2-4-6-19/h2-10,15H,11-14,16H2,1H3,(H,25,30). The molecule has 6 nitrogen and oxygen atoms in total. The summed E-state index contributed by atoms with van der Waals surface area (Å²) in [6.07, 6.45) is 0. The van der Waals surface area contributed by atoms with Crippen molar-refractivity contribution in [1.82, 2.24) is 10.2 Å². The van der Waals surface area contributed by atoms with Crippen LogP contribution in [-0.2, 0) is 4.79 Å². The lowest BCUT2D eigenvalue weighted by molar-refractivity contribution is -0.113. The lowest BCUT2D eigenvalue weighted by Gasteiger charge is -2.36. The van der Waals surface area contributed by atoms with E-state index in [0.717, 1.165) is 32.0 Å². The second kappa shape index (κ2) is 9.78. The summed E-state index contributed by atoms with van der Waals surface area (Å²) < 4.78 is 13.6. The molecule has 2 aromatic carbocycles. The molecule has 2 heterocycles. The molecule has 1 fully saturated rings. The highest BCUT2D eigenvalue weighted by Crippen LogP contribution is 2.21. The predicted molar refractivity (Wildman–Crippen MR) is 123 cm³/mol. The summed E-state index contributed by atoms with van der Waals surface area (Å²) in [4.78, 5) is 16.7. The summed E-state index contributed by atoms with van der Waals surface area (Å²) in [5.74, 6) is 0.475. The van der Waals surface area contributed by atoms with E-state index >= 15 is 0 Å². The molecule has 0 aliphatic carbocycles. The van der Waals surface area contributed by atoms with Crippen LogP contribution in [0.4, 0.5) is 21.6 Å². The summed E-state index contributed by atoms with van der Waals surface area (Å²) in [5.41, 5.74) is 2.24. The number of nitrogens with zero attached hydrogens (tertiary/aromatic N) is 4. The minimum Gasteiger partial charge on any atom is -0.368 e. The molecule has 1 amide bonds. The number of nitrogens with one attached hydrogen (secondary N) is 1. The number of aryl methyl sites for hydroxylation is 1. The molecule has 0 unspecified atom stereocenters. The Kier molecular flexibility index (Phi) is 6.66. The number of hydrogen-bond acceptors (Lipinski definition) is 6. The first-order valence-corrected chi connectivity index (χ1v) is 11.1. The topological polar surface area (TPSA) is 61.4 Å². The monoisotopic (exact) mass is 437 g/mol. The Hall–Kier alpha value is -3.13. The van der Waals surface area contributed by atoms with E-state index in [9.17, 15) is 9.18 Å². The molecule has 3 aromatic rings. The third kappa shape index (κ3) is 5.52. The van der Waals surface area contributed by atoms with E-state index in [-0.39, 0.29) is 17.5 Å². The van der Waals surface area contributed by atoms with Crippen LogP contribution in [0, 0.1) is 12.7 Å². The largest absolute Gasteiger partial charge is 0.368 e. The molecule has 0 bridgehead atoms. The van der Waals surface area contributed by atoms with Gasteiger partial charge in [-0.05, 0) is 48.9 Å². The summed E-state index contributed by atoms with van der Waals surface area (Å²) >= 11 is 1.30. The third-order valence-electron chi connectivity index (χ3n) is 5.16. The van der Waals surface area contributed by atoms with E-state index in [4.69, 9.17) is 0 Å². The van der Waals surface area contributed by atoms with E-state index in [1.165, 1.54) is 23.5 Å². The number of para-hydroxylation sites is 1. The van der Waals surface area contributed by atoms with Crippen LogP contribution in [0.15, 0.2) is 65.7 Å². The minimum atomic E-state index is -0.337. The Bertz CT molecular complexity index is 1020. The highest BCUT2D eigenvalue weighted by atomic mass is 32.2. The SMILES string of the molecule is Cc1ccc(NC(=O)CSc2ccc(N3CCN(c4ccccc4)CC3)nn2)cc1F. The number of aromatic nitrogens is 2. The molecule has 0 radical (unpaired) electrons. The van der Waals surface area contributed by atoms with Crippen molar-refractivity contribution in [2.24, 2.45) is 0 Å². The second-order valence-electron chi connectivity index (χ2n) is 7.34. The third-order valence-corrected chi connectivity index (χ3v) is 6.08. The summed E-state index contributed by atoms with van der Waals surface area (Å²) in [5, 5.41) is 12.0. The number of thioether (sulfide) groups is 1. The summed E-state index contributed by atoms with van der Waals surface area (Å²) in [7, 11) is 0. The van der Waals surface area contributed by atoms with Crippen molar-refractivity contribution in [3.63, 3.8) is 0 Å². The first-order chi connectivity index (χ1) is 15.1. The Morgan fingerprint density at radius 2 is 1.74 bits per heavy atom. The van der Waals surface area contributed by atoms with Gasteiger partial charge in [-0.3, -0.25) is 4.79 Å². The number of anilines is 3. The quantitative estimate of drug-likeness (QED) is 0.589. The van der Waals surface area contributed by atoms with E-state index < -0.39 is 0 Å². The van der Waals surface area contributed by atoms with Gasteiger partial charge in [0.15, 0.2) is 5.82 Å². The zero-order chi connectivity index (χ0) is 21.6. The molecule has 8 heteroatoms. The van der Waals surface area contributed by atoms with E-state index in [0.29, 0.717) is 16.3 Å². The van der Waals surface area contributed by atoms with Crippen LogP contribution in [0.3, 0.4) is 0 Å². The maximum atomic E-state index is 13.6. The number of amides is 1. The smallest absolute Gasteiger partial charge is 0.234 e. The van der Waals surface area contributed by atoms with Gasteiger partial charge in [-0.15, -0.1) is 10.2 Å². The van der Waals surface area contributed by atoms with Gasteiger partial charge in [0.25, 0.3) is 0 Å². The molecule has 0 saturated carbocycles. The number of piperazine rings is 1. The number of carbonyl (C=O) groups is 1. The van der Waals surface area contributed by atoms with Gasteiger partial charge >= 0.3 is 0 Å². The van der Waals surface area contributed by atoms with Crippen LogP contribution in [-0.4, -0.2) is 48.0 Å². The van der Waals surface area contributed by atoms with Gasteiger partial charge in [0.1, 0.15) is 10.8 Å². The van der Waals surface area contributed by atoms with Crippen molar-refractivity contribution in [2.45, 2.75) is 11.9 Å². The first-order valence-electron chi connectivity index (χ1n) is 10.2. The molecule has 1 N–H and O–H groups in total. The Morgan fingerprint density at radius 3 is 2.42 bits per heavy atom. The summed E-state index contributed by atoms with van der Waals surface area (Å²) in [6.45, 7) is 5.31. The molecule has 0 atom stereocenters. The van der Waals surface area contributed by atoms with Crippen molar-refractivity contribution in [3.05, 3.63) is 72.0 Å². The van der Waals surface area contributed by atoms with Gasteiger partial charge in [-0.2, -0.15) is 0 Å². The van der Waals surface area contributed by atoms with Gasteiger partial charge in [0, 0.05) is 37.6 Å². The molecular formula is C23H24FN5OS. The van der Waals surface area contributed by atoms with Gasteiger partial charge in [0.2, 0.25) is 5.91 Å². The van der Waals surface area contributed by atoms with E-state index in [1.54, 1.807) is 19.1 Å². The number of hydrogen-bond donors (Lipinski definition) is 1.